The summed E-state index contributed by atoms with van der Waals surface area (Å²) in [7, 11) is 0. The lowest BCUT2D eigenvalue weighted by molar-refractivity contribution is 0.177. The minimum absolute atomic E-state index is 0.431. The van der Waals surface area contributed by atoms with Crippen molar-refractivity contribution in [3.05, 3.63) is 46.5 Å². The maximum Gasteiger partial charge on any atom is 0.0827 e. The van der Waals surface area contributed by atoms with Gasteiger partial charge in [0.25, 0.3) is 0 Å². The Morgan fingerprint density at radius 1 is 1.57 bits per heavy atom. The van der Waals surface area contributed by atoms with E-state index < -0.39 is 6.10 Å². The van der Waals surface area contributed by atoms with Crippen LogP contribution in [-0.4, -0.2) is 5.11 Å². The summed E-state index contributed by atoms with van der Waals surface area (Å²) < 4.78 is 0.996. The third-order valence-electron chi connectivity index (χ3n) is 2.22. The normalized spacial score (nSPS) is 12.5. The van der Waals surface area contributed by atoms with E-state index >= 15 is 0 Å². The largest absolute Gasteiger partial charge is 0.388 e. The van der Waals surface area contributed by atoms with E-state index in [4.69, 9.17) is 0 Å². The van der Waals surface area contributed by atoms with Gasteiger partial charge in [0.2, 0.25) is 0 Å². The number of hydrogen-bond donors (Lipinski definition) is 1. The second kappa shape index (κ2) is 5.32. The van der Waals surface area contributed by atoms with Gasteiger partial charge in [0, 0.05) is 4.47 Å². The molecule has 1 atom stereocenters. The van der Waals surface area contributed by atoms with Gasteiger partial charge in [-0.3, -0.25) is 0 Å². The SMILES string of the molecule is C=C(CC)CC(O)c1cccc(Br)c1. The Morgan fingerprint density at radius 2 is 2.29 bits per heavy atom. The van der Waals surface area contributed by atoms with Crippen LogP contribution in [0, 0.1) is 0 Å². The topological polar surface area (TPSA) is 20.2 Å². The molecule has 0 aliphatic carbocycles. The van der Waals surface area contributed by atoms with Crippen molar-refractivity contribution in [2.24, 2.45) is 0 Å². The average Bonchev–Trinajstić information content (AvgIpc) is 2.17. The highest BCUT2D eigenvalue weighted by atomic mass is 79.9. The Morgan fingerprint density at radius 3 is 2.86 bits per heavy atom. The molecule has 0 aromatic heterocycles. The van der Waals surface area contributed by atoms with Gasteiger partial charge in [-0.1, -0.05) is 47.1 Å². The van der Waals surface area contributed by atoms with Gasteiger partial charge in [-0.25, -0.2) is 0 Å². The number of aliphatic hydroxyl groups excluding tert-OH is 1. The van der Waals surface area contributed by atoms with Crippen molar-refractivity contribution in [3.63, 3.8) is 0 Å². The lowest BCUT2D eigenvalue weighted by atomic mass is 10.0. The van der Waals surface area contributed by atoms with Gasteiger partial charge >= 0.3 is 0 Å². The number of benzene rings is 1. The van der Waals surface area contributed by atoms with E-state index in [2.05, 4.69) is 29.4 Å². The molecule has 1 rings (SSSR count). The molecule has 0 saturated carbocycles. The van der Waals surface area contributed by atoms with E-state index in [-0.39, 0.29) is 0 Å². The van der Waals surface area contributed by atoms with Crippen molar-refractivity contribution >= 4 is 15.9 Å². The summed E-state index contributed by atoms with van der Waals surface area (Å²) in [5, 5.41) is 9.86. The molecule has 1 nitrogen and oxygen atoms in total. The molecule has 14 heavy (non-hydrogen) atoms. The molecule has 2 heteroatoms. The van der Waals surface area contributed by atoms with Crippen molar-refractivity contribution in [1.29, 1.82) is 0 Å². The molecule has 1 aromatic carbocycles. The van der Waals surface area contributed by atoms with Gasteiger partial charge in [0.15, 0.2) is 0 Å². The second-order valence-corrected chi connectivity index (χ2v) is 4.29. The van der Waals surface area contributed by atoms with Crippen molar-refractivity contribution in [3.8, 4) is 0 Å². The number of halogens is 1. The molecule has 0 bridgehead atoms. The zero-order valence-electron chi connectivity index (χ0n) is 8.33. The van der Waals surface area contributed by atoms with E-state index in [1.165, 1.54) is 0 Å². The Hall–Kier alpha value is -0.600. The molecule has 1 unspecified atom stereocenters. The zero-order valence-corrected chi connectivity index (χ0v) is 9.92. The van der Waals surface area contributed by atoms with E-state index in [1.54, 1.807) is 0 Å². The standard InChI is InChI=1S/C12H15BrO/c1-3-9(2)7-12(14)10-5-4-6-11(13)8-10/h4-6,8,12,14H,2-3,7H2,1H3. The van der Waals surface area contributed by atoms with Crippen LogP contribution in [0.1, 0.15) is 31.4 Å². The predicted octanol–water partition coefficient (Wildman–Crippen LogP) is 3.84. The van der Waals surface area contributed by atoms with Crippen molar-refractivity contribution in [2.45, 2.75) is 25.9 Å². The van der Waals surface area contributed by atoms with Gasteiger partial charge < -0.3 is 5.11 Å². The van der Waals surface area contributed by atoms with E-state index in [1.807, 2.05) is 24.3 Å². The summed E-state index contributed by atoms with van der Waals surface area (Å²) in [4.78, 5) is 0. The minimum Gasteiger partial charge on any atom is -0.388 e. The van der Waals surface area contributed by atoms with Crippen molar-refractivity contribution in [2.75, 3.05) is 0 Å². The van der Waals surface area contributed by atoms with Crippen molar-refractivity contribution in [1.82, 2.24) is 0 Å². The monoisotopic (exact) mass is 254 g/mol. The Labute approximate surface area is 93.6 Å². The maximum atomic E-state index is 9.86. The third-order valence-corrected chi connectivity index (χ3v) is 2.71. The number of aliphatic hydroxyl groups is 1. The molecular formula is C12H15BrO. The fourth-order valence-corrected chi connectivity index (χ4v) is 1.67. The Balaban J connectivity index is 2.69. The summed E-state index contributed by atoms with van der Waals surface area (Å²) >= 11 is 3.38. The minimum atomic E-state index is -0.431. The van der Waals surface area contributed by atoms with E-state index in [0.717, 1.165) is 22.0 Å². The van der Waals surface area contributed by atoms with E-state index in [9.17, 15) is 5.11 Å². The van der Waals surface area contributed by atoms with Crippen LogP contribution in [-0.2, 0) is 0 Å². The van der Waals surface area contributed by atoms with E-state index in [0.29, 0.717) is 6.42 Å². The molecule has 0 spiro atoms. The first-order chi connectivity index (χ1) is 6.63. The van der Waals surface area contributed by atoms with Crippen LogP contribution in [0.4, 0.5) is 0 Å². The van der Waals surface area contributed by atoms with Gasteiger partial charge in [-0.15, -0.1) is 0 Å². The summed E-state index contributed by atoms with van der Waals surface area (Å²) in [5.74, 6) is 0. The highest BCUT2D eigenvalue weighted by Gasteiger charge is 2.08. The molecule has 0 heterocycles. The first-order valence-corrected chi connectivity index (χ1v) is 5.53. The molecule has 0 saturated heterocycles. The van der Waals surface area contributed by atoms with Gasteiger partial charge in [0.1, 0.15) is 0 Å². The van der Waals surface area contributed by atoms with Gasteiger partial charge in [0.05, 0.1) is 6.10 Å². The summed E-state index contributed by atoms with van der Waals surface area (Å²) in [5.41, 5.74) is 2.02. The van der Waals surface area contributed by atoms with Crippen LogP contribution in [0.3, 0.4) is 0 Å². The molecule has 0 amide bonds. The fourth-order valence-electron chi connectivity index (χ4n) is 1.25. The molecule has 1 aromatic rings. The zero-order chi connectivity index (χ0) is 10.6. The highest BCUT2D eigenvalue weighted by Crippen LogP contribution is 2.23. The highest BCUT2D eigenvalue weighted by molar-refractivity contribution is 9.10. The smallest absolute Gasteiger partial charge is 0.0827 e. The molecule has 0 aliphatic rings. The first kappa shape index (κ1) is 11.5. The molecule has 0 fully saturated rings. The lowest BCUT2D eigenvalue weighted by Gasteiger charge is -2.12. The predicted molar refractivity (Wildman–Crippen MR) is 63.1 cm³/mol. The molecular weight excluding hydrogens is 240 g/mol. The third kappa shape index (κ3) is 3.28. The van der Waals surface area contributed by atoms with Crippen molar-refractivity contribution < 1.29 is 5.11 Å². The second-order valence-electron chi connectivity index (χ2n) is 3.38. The first-order valence-electron chi connectivity index (χ1n) is 4.73. The molecule has 1 N–H and O–H groups in total. The summed E-state index contributed by atoms with van der Waals surface area (Å²) in [6, 6.07) is 7.74. The van der Waals surface area contributed by atoms with Crippen LogP contribution < -0.4 is 0 Å². The molecule has 0 radical (unpaired) electrons. The van der Waals surface area contributed by atoms with Crippen LogP contribution in [0.25, 0.3) is 0 Å². The lowest BCUT2D eigenvalue weighted by Crippen LogP contribution is -1.98. The number of hydrogen-bond acceptors (Lipinski definition) is 1. The Bertz CT molecular complexity index is 320. The fraction of sp³-hybridized carbons (Fsp3) is 0.333. The van der Waals surface area contributed by atoms with Crippen LogP contribution in [0.2, 0.25) is 0 Å². The molecule has 0 aliphatic heterocycles. The van der Waals surface area contributed by atoms with Gasteiger partial charge in [-0.05, 0) is 30.5 Å². The number of rotatable bonds is 4. The average molecular weight is 255 g/mol. The summed E-state index contributed by atoms with van der Waals surface area (Å²) in [6.45, 7) is 5.94. The van der Waals surface area contributed by atoms with Crippen LogP contribution in [0.5, 0.6) is 0 Å². The Kier molecular flexibility index (Phi) is 4.36. The van der Waals surface area contributed by atoms with Gasteiger partial charge in [-0.2, -0.15) is 0 Å². The maximum absolute atomic E-state index is 9.86. The van der Waals surface area contributed by atoms with Crippen LogP contribution in [0.15, 0.2) is 40.9 Å². The van der Waals surface area contributed by atoms with Crippen LogP contribution >= 0.6 is 15.9 Å². The summed E-state index contributed by atoms with van der Waals surface area (Å²) in [6.07, 6.45) is 1.14. The quantitative estimate of drug-likeness (QED) is 0.810. The molecule has 76 valence electrons.